The van der Waals surface area contributed by atoms with Gasteiger partial charge in [0.05, 0.1) is 0 Å². The molecule has 4 rings (SSSR count). The number of amides is 3. The van der Waals surface area contributed by atoms with Crippen LogP contribution in [0.3, 0.4) is 0 Å². The average Bonchev–Trinajstić information content (AvgIpc) is 3.18. The van der Waals surface area contributed by atoms with E-state index in [1.807, 2.05) is 0 Å². The molecule has 8 nitrogen and oxygen atoms in total. The third kappa shape index (κ3) is 6.14. The average molecular weight is 536 g/mol. The lowest BCUT2D eigenvalue weighted by molar-refractivity contribution is -0.144. The van der Waals surface area contributed by atoms with Gasteiger partial charge in [0.15, 0.2) is 0 Å². The maximum atomic E-state index is 14.9. The first kappa shape index (κ1) is 28.2. The SMILES string of the molecule is CNCCOc1cccc(C(F)(F)C(=O)CCc2ccc3c(c2)CN(C2CCC(=O)NC2=O)C3=O)c1.Cl. The van der Waals surface area contributed by atoms with Gasteiger partial charge in [-0.25, -0.2) is 0 Å². The predicted molar refractivity (Wildman–Crippen MR) is 133 cm³/mol. The van der Waals surface area contributed by atoms with Crippen molar-refractivity contribution in [3.63, 3.8) is 0 Å². The number of fused-ring (bicyclic) bond motifs is 1. The number of nitrogens with one attached hydrogen (secondary N) is 2. The van der Waals surface area contributed by atoms with Crippen molar-refractivity contribution in [2.75, 3.05) is 20.2 Å². The van der Waals surface area contributed by atoms with Gasteiger partial charge in [0.25, 0.3) is 5.91 Å². The van der Waals surface area contributed by atoms with Gasteiger partial charge in [0, 0.05) is 37.1 Å². The molecule has 2 heterocycles. The molecule has 2 N–H and O–H groups in total. The van der Waals surface area contributed by atoms with E-state index >= 15 is 0 Å². The minimum atomic E-state index is -3.67. The van der Waals surface area contributed by atoms with Crippen LogP contribution >= 0.6 is 12.4 Å². The van der Waals surface area contributed by atoms with Crippen molar-refractivity contribution in [1.82, 2.24) is 15.5 Å². The van der Waals surface area contributed by atoms with Crippen LogP contribution in [0.4, 0.5) is 8.78 Å². The Morgan fingerprint density at radius 2 is 1.97 bits per heavy atom. The second-order valence-electron chi connectivity index (χ2n) is 8.87. The number of hydrogen-bond donors (Lipinski definition) is 2. The minimum absolute atomic E-state index is 0. The molecule has 2 aliphatic heterocycles. The molecular formula is C26H28ClF2N3O5. The summed E-state index contributed by atoms with van der Waals surface area (Å²) < 4.78 is 35.2. The van der Waals surface area contributed by atoms with Crippen molar-refractivity contribution in [2.45, 2.75) is 44.2 Å². The number of halogens is 3. The van der Waals surface area contributed by atoms with Gasteiger partial charge < -0.3 is 15.0 Å². The first-order chi connectivity index (χ1) is 17.2. The van der Waals surface area contributed by atoms with Crippen molar-refractivity contribution in [3.8, 4) is 5.75 Å². The van der Waals surface area contributed by atoms with E-state index in [0.29, 0.717) is 29.8 Å². The zero-order valence-electron chi connectivity index (χ0n) is 20.2. The number of Topliss-reactive ketones (excluding diaryl/α,β-unsaturated/α-hetero) is 1. The Bertz CT molecular complexity index is 1210. The molecule has 0 spiro atoms. The van der Waals surface area contributed by atoms with E-state index in [0.717, 1.165) is 0 Å². The van der Waals surface area contributed by atoms with E-state index in [1.165, 1.54) is 23.1 Å². The Balaban J connectivity index is 0.00000380. The molecule has 0 aliphatic carbocycles. The number of nitrogens with zero attached hydrogens (tertiary/aromatic N) is 1. The third-order valence-electron chi connectivity index (χ3n) is 6.40. The number of likely N-dealkylation sites (N-methyl/N-ethyl adjacent to an activating group) is 1. The maximum Gasteiger partial charge on any atom is 0.330 e. The van der Waals surface area contributed by atoms with Gasteiger partial charge in [-0.2, -0.15) is 8.78 Å². The van der Waals surface area contributed by atoms with Crippen molar-refractivity contribution in [2.24, 2.45) is 0 Å². The molecule has 3 amide bonds. The monoisotopic (exact) mass is 535 g/mol. The van der Waals surface area contributed by atoms with Gasteiger partial charge in [0.1, 0.15) is 18.4 Å². The Kier molecular flexibility index (Phi) is 8.98. The van der Waals surface area contributed by atoms with Crippen molar-refractivity contribution < 1.29 is 32.7 Å². The number of benzene rings is 2. The number of hydrogen-bond acceptors (Lipinski definition) is 6. The summed E-state index contributed by atoms with van der Waals surface area (Å²) in [6.07, 6.45) is 0.0970. The number of carbonyl (C=O) groups excluding carboxylic acids is 4. The van der Waals surface area contributed by atoms with E-state index in [-0.39, 0.29) is 62.2 Å². The largest absolute Gasteiger partial charge is 0.492 e. The highest BCUT2D eigenvalue weighted by Gasteiger charge is 2.41. The Morgan fingerprint density at radius 3 is 2.70 bits per heavy atom. The third-order valence-corrected chi connectivity index (χ3v) is 6.40. The molecule has 2 aromatic carbocycles. The summed E-state index contributed by atoms with van der Waals surface area (Å²) in [5, 5.41) is 5.15. The molecule has 11 heteroatoms. The van der Waals surface area contributed by atoms with Crippen molar-refractivity contribution in [3.05, 3.63) is 64.7 Å². The lowest BCUT2D eigenvalue weighted by Crippen LogP contribution is -2.52. The van der Waals surface area contributed by atoms with E-state index in [2.05, 4.69) is 10.6 Å². The molecule has 1 atom stereocenters. The summed E-state index contributed by atoms with van der Waals surface area (Å²) >= 11 is 0. The highest BCUT2D eigenvalue weighted by Crippen LogP contribution is 2.33. The zero-order valence-corrected chi connectivity index (χ0v) is 21.0. The Labute approximate surface area is 219 Å². The summed E-state index contributed by atoms with van der Waals surface area (Å²) in [7, 11) is 1.75. The fourth-order valence-electron chi connectivity index (χ4n) is 4.41. The number of ether oxygens (including phenoxy) is 1. The molecule has 37 heavy (non-hydrogen) atoms. The number of aryl methyl sites for hydroxylation is 1. The molecular weight excluding hydrogens is 508 g/mol. The molecule has 1 unspecified atom stereocenters. The van der Waals surface area contributed by atoms with Gasteiger partial charge in [-0.05, 0) is 49.2 Å². The molecule has 1 fully saturated rings. The van der Waals surface area contributed by atoms with Gasteiger partial charge >= 0.3 is 5.92 Å². The van der Waals surface area contributed by atoms with Crippen LogP contribution < -0.4 is 15.4 Å². The Morgan fingerprint density at radius 1 is 1.19 bits per heavy atom. The second-order valence-corrected chi connectivity index (χ2v) is 8.87. The normalized spacial score (nSPS) is 17.2. The lowest BCUT2D eigenvalue weighted by Gasteiger charge is -2.29. The smallest absolute Gasteiger partial charge is 0.330 e. The zero-order chi connectivity index (χ0) is 25.9. The second kappa shape index (κ2) is 11.8. The molecule has 2 aromatic rings. The molecule has 1 saturated heterocycles. The van der Waals surface area contributed by atoms with Crippen LogP contribution in [0.1, 0.15) is 46.3 Å². The van der Waals surface area contributed by atoms with Gasteiger partial charge in [0.2, 0.25) is 17.6 Å². The number of carbonyl (C=O) groups is 4. The molecule has 0 aromatic heterocycles. The summed E-state index contributed by atoms with van der Waals surface area (Å²) in [5.41, 5.74) is 1.30. The molecule has 198 valence electrons. The highest BCUT2D eigenvalue weighted by molar-refractivity contribution is 6.05. The Hall–Kier alpha value is -3.37. The van der Waals surface area contributed by atoms with Crippen LogP contribution in [-0.2, 0) is 33.3 Å². The minimum Gasteiger partial charge on any atom is -0.492 e. The fourth-order valence-corrected chi connectivity index (χ4v) is 4.41. The van der Waals surface area contributed by atoms with Crippen LogP contribution in [0.2, 0.25) is 0 Å². The van der Waals surface area contributed by atoms with E-state index < -0.39 is 29.2 Å². The van der Waals surface area contributed by atoms with Gasteiger partial charge in [-0.15, -0.1) is 12.4 Å². The first-order valence-electron chi connectivity index (χ1n) is 11.8. The van der Waals surface area contributed by atoms with E-state index in [4.69, 9.17) is 4.74 Å². The summed E-state index contributed by atoms with van der Waals surface area (Å²) in [5.74, 6) is -5.80. The van der Waals surface area contributed by atoms with E-state index in [9.17, 15) is 28.0 Å². The quantitative estimate of drug-likeness (QED) is 0.358. The lowest BCUT2D eigenvalue weighted by atomic mass is 9.97. The topological polar surface area (TPSA) is 105 Å². The van der Waals surface area contributed by atoms with Crippen LogP contribution in [0.25, 0.3) is 0 Å². The van der Waals surface area contributed by atoms with Crippen molar-refractivity contribution in [1.29, 1.82) is 0 Å². The molecule has 0 bridgehead atoms. The number of ketones is 1. The van der Waals surface area contributed by atoms with Gasteiger partial charge in [-0.1, -0.05) is 24.3 Å². The molecule has 2 aliphatic rings. The standard InChI is InChI=1S/C26H27F2N3O5.ClH/c1-29-11-12-36-19-4-2-3-18(14-19)26(27,28)22(32)9-6-16-5-7-20-17(13-16)15-31(25(20)35)21-8-10-23(33)30-24(21)34;/h2-5,7,13-14,21,29H,6,8-12,15H2,1H3,(H,30,33,34);1H. The first-order valence-corrected chi connectivity index (χ1v) is 11.8. The molecule has 0 radical (unpaired) electrons. The highest BCUT2D eigenvalue weighted by atomic mass is 35.5. The fraction of sp³-hybridized carbons (Fsp3) is 0.385. The number of imide groups is 1. The predicted octanol–water partition coefficient (Wildman–Crippen LogP) is 2.76. The van der Waals surface area contributed by atoms with Crippen LogP contribution in [-0.4, -0.2) is 54.6 Å². The number of rotatable bonds is 10. The molecule has 0 saturated carbocycles. The van der Waals surface area contributed by atoms with Crippen LogP contribution in [0.15, 0.2) is 42.5 Å². The van der Waals surface area contributed by atoms with Crippen molar-refractivity contribution >= 4 is 35.9 Å². The van der Waals surface area contributed by atoms with E-state index in [1.54, 1.807) is 31.3 Å². The number of alkyl halides is 2. The summed E-state index contributed by atoms with van der Waals surface area (Å²) in [6, 6.07) is 9.57. The summed E-state index contributed by atoms with van der Waals surface area (Å²) in [6.45, 7) is 1.04. The summed E-state index contributed by atoms with van der Waals surface area (Å²) in [4.78, 5) is 50.3. The van der Waals surface area contributed by atoms with Crippen LogP contribution in [0.5, 0.6) is 5.75 Å². The van der Waals surface area contributed by atoms with Gasteiger partial charge in [-0.3, -0.25) is 24.5 Å². The maximum absolute atomic E-state index is 14.9. The van der Waals surface area contributed by atoms with Crippen LogP contribution in [0, 0.1) is 0 Å². The number of piperidine rings is 1.